The van der Waals surface area contributed by atoms with Gasteiger partial charge in [0.25, 0.3) is 0 Å². The van der Waals surface area contributed by atoms with Crippen molar-refractivity contribution >= 4 is 35.2 Å². The van der Waals surface area contributed by atoms with E-state index in [4.69, 9.17) is 33.0 Å². The van der Waals surface area contributed by atoms with Crippen LogP contribution in [0.5, 0.6) is 0 Å². The van der Waals surface area contributed by atoms with E-state index in [0.717, 1.165) is 42.9 Å². The number of nitrogens with one attached hydrogen (secondary N) is 1. The number of aryl methyl sites for hydroxylation is 2. The Morgan fingerprint density at radius 1 is 1.24 bits per heavy atom. The normalized spacial score (nSPS) is 17.0. The number of amides is 2. The van der Waals surface area contributed by atoms with Crippen molar-refractivity contribution in [2.45, 2.75) is 32.8 Å². The van der Waals surface area contributed by atoms with E-state index in [0.29, 0.717) is 10.0 Å². The van der Waals surface area contributed by atoms with Crippen LogP contribution in [0.25, 0.3) is 0 Å². The van der Waals surface area contributed by atoms with E-state index in [9.17, 15) is 14.4 Å². The predicted octanol–water partition coefficient (Wildman–Crippen LogP) is 3.93. The molecule has 3 heterocycles. The molecular formula is C23H28Cl2N4O5. The third-order valence-corrected chi connectivity index (χ3v) is 5.56. The number of carboxylic acids is 1. The number of epoxide rings is 1. The zero-order chi connectivity index (χ0) is 25.3. The number of halogens is 2. The summed E-state index contributed by atoms with van der Waals surface area (Å²) in [7, 11) is 1.68. The number of carboxylic acid groups (broad SMARTS) is 1. The summed E-state index contributed by atoms with van der Waals surface area (Å²) in [5.74, 6) is -0.0717. The van der Waals surface area contributed by atoms with Gasteiger partial charge in [-0.25, -0.2) is 9.59 Å². The van der Waals surface area contributed by atoms with Crippen molar-refractivity contribution in [3.63, 3.8) is 0 Å². The molecule has 2 amide bonds. The molecule has 1 aromatic heterocycles. The van der Waals surface area contributed by atoms with Crippen LogP contribution in [0.3, 0.4) is 0 Å². The highest BCUT2D eigenvalue weighted by atomic mass is 35.5. The van der Waals surface area contributed by atoms with E-state index >= 15 is 0 Å². The van der Waals surface area contributed by atoms with E-state index in [1.807, 2.05) is 31.2 Å². The number of likely N-dealkylation sites (tertiary alicyclic amines) is 1. The number of rotatable bonds is 3. The van der Waals surface area contributed by atoms with Gasteiger partial charge in [-0.1, -0.05) is 29.3 Å². The molecule has 0 radical (unpaired) electrons. The first kappa shape index (κ1) is 27.2. The molecule has 1 unspecified atom stereocenters. The fraction of sp³-hybridized carbons (Fsp3) is 0.391. The van der Waals surface area contributed by atoms with E-state index in [1.165, 1.54) is 4.57 Å². The smallest absolute Gasteiger partial charge is 0.347 e. The largest absolute Gasteiger partial charge is 0.480 e. The third kappa shape index (κ3) is 8.39. The number of ether oxygens (including phenoxy) is 1. The molecule has 2 N–H and O–H groups in total. The lowest BCUT2D eigenvalue weighted by Gasteiger charge is -2.14. The molecule has 11 heteroatoms. The molecule has 1 atom stereocenters. The highest BCUT2D eigenvalue weighted by Crippen LogP contribution is 2.47. The van der Waals surface area contributed by atoms with Gasteiger partial charge in [0.1, 0.15) is 12.3 Å². The molecule has 34 heavy (non-hydrogen) atoms. The zero-order valence-electron chi connectivity index (χ0n) is 19.3. The standard InChI is InChI=1S/C10H8Cl2O.C7H12N2O3.C6H8N2O/c1-2-8-10(13-8)9-6(11)4-3-5-7(9)12;10-6(11)5-8-7(12)9-3-1-2-4-9;1-5-3-4-8(2)6(9)7-5/h2-5,10H,1H3;1-5H2,(H,8,12)(H,10,11);3-4H,1-2H3/b8-2-;;. The van der Waals surface area contributed by atoms with Gasteiger partial charge in [-0.3, -0.25) is 4.79 Å². The zero-order valence-corrected chi connectivity index (χ0v) is 20.8. The SMILES string of the molecule is C/C=C1\OC1c1c(Cl)cccc1Cl.Cc1ccn(C)c(=O)n1.O=C(O)CNC(=O)N1CCCC1. The summed E-state index contributed by atoms with van der Waals surface area (Å²) in [6.07, 6.45) is 5.63. The topological polar surface area (TPSA) is 117 Å². The predicted molar refractivity (Wildman–Crippen MR) is 130 cm³/mol. The van der Waals surface area contributed by atoms with E-state index < -0.39 is 5.97 Å². The average Bonchev–Trinajstić information content (AvgIpc) is 3.34. The van der Waals surface area contributed by atoms with Crippen LogP contribution in [0.15, 0.2) is 47.1 Å². The summed E-state index contributed by atoms with van der Waals surface area (Å²) >= 11 is 12.0. The summed E-state index contributed by atoms with van der Waals surface area (Å²) in [5, 5.41) is 11.9. The lowest BCUT2D eigenvalue weighted by atomic mass is 10.1. The molecule has 2 aromatic rings. The molecule has 0 spiro atoms. The van der Waals surface area contributed by atoms with Gasteiger partial charge in [0.15, 0.2) is 6.10 Å². The Balaban J connectivity index is 0.000000183. The summed E-state index contributed by atoms with van der Waals surface area (Å²) in [5.41, 5.74) is 1.44. The molecule has 2 aliphatic heterocycles. The summed E-state index contributed by atoms with van der Waals surface area (Å²) in [4.78, 5) is 37.2. The van der Waals surface area contributed by atoms with Crippen LogP contribution in [-0.4, -0.2) is 51.2 Å². The maximum Gasteiger partial charge on any atom is 0.347 e. The Kier molecular flexibility index (Phi) is 10.4. The highest BCUT2D eigenvalue weighted by molar-refractivity contribution is 6.36. The third-order valence-electron chi connectivity index (χ3n) is 4.90. The van der Waals surface area contributed by atoms with Crippen molar-refractivity contribution in [2.75, 3.05) is 19.6 Å². The van der Waals surface area contributed by atoms with Crippen LogP contribution in [-0.2, 0) is 16.6 Å². The van der Waals surface area contributed by atoms with Gasteiger partial charge < -0.3 is 24.6 Å². The molecule has 184 valence electrons. The Bertz CT molecular complexity index is 1080. The number of nitrogens with zero attached hydrogens (tertiary/aromatic N) is 3. The van der Waals surface area contributed by atoms with Gasteiger partial charge >= 0.3 is 17.7 Å². The number of carbonyl (C=O) groups excluding carboxylic acids is 1. The second kappa shape index (κ2) is 13.0. The van der Waals surface area contributed by atoms with Crippen molar-refractivity contribution in [2.24, 2.45) is 7.05 Å². The minimum atomic E-state index is -1.01. The number of aliphatic carboxylic acids is 1. The minimum absolute atomic E-state index is 0.0220. The van der Waals surface area contributed by atoms with Gasteiger partial charge in [0, 0.05) is 47.6 Å². The quantitative estimate of drug-likeness (QED) is 0.604. The number of carbonyl (C=O) groups is 2. The van der Waals surface area contributed by atoms with Crippen LogP contribution in [0.2, 0.25) is 10.0 Å². The Morgan fingerprint density at radius 2 is 1.85 bits per heavy atom. The van der Waals surface area contributed by atoms with Crippen LogP contribution in [0, 0.1) is 6.92 Å². The number of benzene rings is 1. The first-order chi connectivity index (χ1) is 16.1. The first-order valence-corrected chi connectivity index (χ1v) is 11.4. The fourth-order valence-corrected chi connectivity index (χ4v) is 3.61. The van der Waals surface area contributed by atoms with E-state index in [1.54, 1.807) is 31.1 Å². The average molecular weight is 511 g/mol. The van der Waals surface area contributed by atoms with Crippen molar-refractivity contribution in [3.05, 3.63) is 74.1 Å². The van der Waals surface area contributed by atoms with Crippen molar-refractivity contribution in [1.29, 1.82) is 0 Å². The van der Waals surface area contributed by atoms with Crippen molar-refractivity contribution in [3.8, 4) is 0 Å². The lowest BCUT2D eigenvalue weighted by Crippen LogP contribution is -2.40. The number of aromatic nitrogens is 2. The molecule has 2 saturated heterocycles. The van der Waals surface area contributed by atoms with Gasteiger partial charge in [-0.05, 0) is 51.0 Å². The number of urea groups is 1. The fourth-order valence-electron chi connectivity index (χ4n) is 3.02. The molecule has 0 bridgehead atoms. The van der Waals surface area contributed by atoms with Gasteiger partial charge in [-0.15, -0.1) is 0 Å². The van der Waals surface area contributed by atoms with Gasteiger partial charge in [0.2, 0.25) is 0 Å². The van der Waals surface area contributed by atoms with Gasteiger partial charge in [-0.2, -0.15) is 4.98 Å². The maximum atomic E-state index is 11.1. The van der Waals surface area contributed by atoms with Crippen molar-refractivity contribution < 1.29 is 19.4 Å². The maximum absolute atomic E-state index is 11.1. The minimum Gasteiger partial charge on any atom is -0.480 e. The number of hydrogen-bond donors (Lipinski definition) is 2. The highest BCUT2D eigenvalue weighted by Gasteiger charge is 2.36. The molecule has 1 aromatic carbocycles. The van der Waals surface area contributed by atoms with Crippen LogP contribution in [0.4, 0.5) is 4.79 Å². The molecule has 2 aliphatic rings. The van der Waals surface area contributed by atoms with Crippen LogP contribution >= 0.6 is 23.2 Å². The summed E-state index contributed by atoms with van der Waals surface area (Å²) in [6.45, 7) is 4.91. The Hall–Kier alpha value is -3.04. The molecule has 9 nitrogen and oxygen atoms in total. The monoisotopic (exact) mass is 510 g/mol. The molecule has 4 rings (SSSR count). The Morgan fingerprint density at radius 3 is 2.32 bits per heavy atom. The summed E-state index contributed by atoms with van der Waals surface area (Å²) in [6, 6.07) is 6.98. The van der Waals surface area contributed by atoms with Crippen LogP contribution in [0.1, 0.15) is 37.1 Å². The van der Waals surface area contributed by atoms with Gasteiger partial charge in [0.05, 0.1) is 0 Å². The van der Waals surface area contributed by atoms with E-state index in [-0.39, 0.29) is 24.4 Å². The Labute approximate surface area is 208 Å². The number of allylic oxidation sites excluding steroid dienone is 1. The second-order valence-corrected chi connectivity index (χ2v) is 8.35. The number of hydrogen-bond acceptors (Lipinski definition) is 5. The van der Waals surface area contributed by atoms with Crippen LogP contribution < -0.4 is 11.0 Å². The summed E-state index contributed by atoms with van der Waals surface area (Å²) < 4.78 is 6.74. The molecule has 0 saturated carbocycles. The second-order valence-electron chi connectivity index (χ2n) is 7.53. The first-order valence-electron chi connectivity index (χ1n) is 10.7. The molecule has 2 fully saturated rings. The molecular weight excluding hydrogens is 483 g/mol. The lowest BCUT2D eigenvalue weighted by molar-refractivity contribution is -0.135. The van der Waals surface area contributed by atoms with E-state index in [2.05, 4.69) is 10.3 Å². The molecule has 0 aliphatic carbocycles. The van der Waals surface area contributed by atoms with Crippen molar-refractivity contribution in [1.82, 2.24) is 19.8 Å².